The van der Waals surface area contributed by atoms with Crippen LogP contribution in [0.25, 0.3) is 22.8 Å². The Kier molecular flexibility index (Phi) is 4.76. The molecule has 0 radical (unpaired) electrons. The Labute approximate surface area is 140 Å². The monoisotopic (exact) mass is 328 g/mol. The van der Waals surface area contributed by atoms with Crippen molar-refractivity contribution in [1.29, 1.82) is 0 Å². The number of hydrogen-bond donors (Lipinski definition) is 1. The van der Waals surface area contributed by atoms with E-state index in [1.807, 2.05) is 29.3 Å². The van der Waals surface area contributed by atoms with Crippen LogP contribution in [0.3, 0.4) is 0 Å². The highest BCUT2D eigenvalue weighted by molar-refractivity contribution is 5.75. The molecule has 2 aromatic heterocycles. The fraction of sp³-hybridized carbons (Fsp3) is 0.333. The van der Waals surface area contributed by atoms with E-state index in [1.54, 1.807) is 24.7 Å². The van der Waals surface area contributed by atoms with Crippen molar-refractivity contribution in [2.24, 2.45) is 13.0 Å². The maximum absolute atomic E-state index is 13.2. The quantitative estimate of drug-likeness (QED) is 0.756. The minimum atomic E-state index is -0.270. The number of nitrogens with zero attached hydrogens (tertiary/aromatic N) is 4. The van der Waals surface area contributed by atoms with Crippen molar-refractivity contribution in [1.82, 2.24) is 19.1 Å². The Morgan fingerprint density at radius 3 is 2.58 bits per heavy atom. The van der Waals surface area contributed by atoms with Crippen LogP contribution in [-0.4, -0.2) is 30.8 Å². The molecule has 0 amide bonds. The van der Waals surface area contributed by atoms with Gasteiger partial charge in [0, 0.05) is 38.2 Å². The minimum Gasteiger partial charge on any atom is -0.396 e. The van der Waals surface area contributed by atoms with E-state index in [4.69, 9.17) is 0 Å². The molecule has 0 bridgehead atoms. The number of hydrogen-bond acceptors (Lipinski definition) is 3. The van der Waals surface area contributed by atoms with Gasteiger partial charge < -0.3 is 14.2 Å². The minimum absolute atomic E-state index is 0.164. The molecule has 0 fully saturated rings. The predicted octanol–water partition coefficient (Wildman–Crippen LogP) is 3.11. The van der Waals surface area contributed by atoms with Crippen LogP contribution in [0, 0.1) is 11.7 Å². The lowest BCUT2D eigenvalue weighted by atomic mass is 10.1. The molecule has 0 aliphatic carbocycles. The third-order valence-electron chi connectivity index (χ3n) is 4.16. The second-order valence-corrected chi connectivity index (χ2v) is 6.08. The van der Waals surface area contributed by atoms with E-state index in [0.717, 1.165) is 35.7 Å². The molecule has 1 aromatic carbocycles. The molecule has 24 heavy (non-hydrogen) atoms. The highest BCUT2D eigenvalue weighted by Crippen LogP contribution is 2.30. The van der Waals surface area contributed by atoms with Gasteiger partial charge in [-0.15, -0.1) is 0 Å². The van der Waals surface area contributed by atoms with Crippen molar-refractivity contribution in [3.05, 3.63) is 48.8 Å². The zero-order valence-corrected chi connectivity index (χ0v) is 13.9. The van der Waals surface area contributed by atoms with Crippen LogP contribution in [0.4, 0.5) is 4.39 Å². The number of aliphatic hydroxyl groups excluding tert-OH is 1. The summed E-state index contributed by atoms with van der Waals surface area (Å²) in [5.74, 6) is 0.757. The van der Waals surface area contributed by atoms with Crippen LogP contribution < -0.4 is 0 Å². The molecule has 126 valence electrons. The topological polar surface area (TPSA) is 55.9 Å². The Balaban J connectivity index is 2.04. The molecule has 1 N–H and O–H groups in total. The molecule has 2 heterocycles. The van der Waals surface area contributed by atoms with Gasteiger partial charge in [0.15, 0.2) is 5.82 Å². The van der Waals surface area contributed by atoms with Crippen LogP contribution >= 0.6 is 0 Å². The summed E-state index contributed by atoms with van der Waals surface area (Å²) < 4.78 is 17.2. The number of benzene rings is 1. The number of halogens is 1. The molecule has 0 aliphatic rings. The van der Waals surface area contributed by atoms with Gasteiger partial charge in [0.05, 0.1) is 12.0 Å². The second-order valence-electron chi connectivity index (χ2n) is 6.08. The highest BCUT2D eigenvalue weighted by Gasteiger charge is 2.18. The van der Waals surface area contributed by atoms with Crippen molar-refractivity contribution in [3.8, 4) is 22.8 Å². The fourth-order valence-corrected chi connectivity index (χ4v) is 2.65. The van der Waals surface area contributed by atoms with Crippen LogP contribution in [0.15, 0.2) is 43.0 Å². The van der Waals surface area contributed by atoms with E-state index < -0.39 is 0 Å². The Morgan fingerprint density at radius 2 is 1.96 bits per heavy atom. The van der Waals surface area contributed by atoms with Gasteiger partial charge in [-0.1, -0.05) is 6.92 Å². The lowest BCUT2D eigenvalue weighted by Crippen LogP contribution is -2.08. The van der Waals surface area contributed by atoms with Crippen molar-refractivity contribution in [3.63, 3.8) is 0 Å². The number of aliphatic hydroxyl groups is 1. The van der Waals surface area contributed by atoms with E-state index in [-0.39, 0.29) is 18.3 Å². The average Bonchev–Trinajstić information content (AvgIpc) is 3.19. The molecule has 0 aliphatic heterocycles. The van der Waals surface area contributed by atoms with Gasteiger partial charge in [0.25, 0.3) is 0 Å². The maximum atomic E-state index is 13.2. The van der Waals surface area contributed by atoms with Gasteiger partial charge in [-0.2, -0.15) is 0 Å². The van der Waals surface area contributed by atoms with E-state index in [2.05, 4.69) is 9.97 Å². The molecule has 0 spiro atoms. The first-order valence-electron chi connectivity index (χ1n) is 7.99. The van der Waals surface area contributed by atoms with Crippen LogP contribution in [0.2, 0.25) is 0 Å². The molecule has 3 rings (SSSR count). The summed E-state index contributed by atoms with van der Waals surface area (Å²) in [5, 5.41) is 9.24. The molecule has 6 heteroatoms. The molecular weight excluding hydrogens is 307 g/mol. The van der Waals surface area contributed by atoms with Gasteiger partial charge in [-0.25, -0.2) is 14.4 Å². The lowest BCUT2D eigenvalue weighted by Gasteiger charge is -2.12. The standard InChI is InChI=1S/C18H21FN4O/c1-13(11-24)7-9-23-12-21-16(14-3-5-15(19)6-4-14)17(23)18-20-8-10-22(18)2/h3-6,8,10,12-13,24H,7,9,11H2,1-2H3. The van der Waals surface area contributed by atoms with E-state index in [0.29, 0.717) is 0 Å². The first kappa shape index (κ1) is 16.4. The Morgan fingerprint density at radius 1 is 1.21 bits per heavy atom. The summed E-state index contributed by atoms with van der Waals surface area (Å²) in [6.45, 7) is 2.91. The molecule has 5 nitrogen and oxygen atoms in total. The first-order valence-corrected chi connectivity index (χ1v) is 7.99. The van der Waals surface area contributed by atoms with Gasteiger partial charge in [0.2, 0.25) is 0 Å². The van der Waals surface area contributed by atoms with Crippen molar-refractivity contribution >= 4 is 0 Å². The van der Waals surface area contributed by atoms with Crippen LogP contribution in [0.1, 0.15) is 13.3 Å². The SMILES string of the molecule is CC(CO)CCn1cnc(-c2ccc(F)cc2)c1-c1nccn1C. The van der Waals surface area contributed by atoms with E-state index in [9.17, 15) is 9.50 Å². The fourth-order valence-electron chi connectivity index (χ4n) is 2.65. The summed E-state index contributed by atoms with van der Waals surface area (Å²) in [6, 6.07) is 6.32. The summed E-state index contributed by atoms with van der Waals surface area (Å²) in [5.41, 5.74) is 2.53. The molecule has 1 atom stereocenters. The number of aromatic nitrogens is 4. The van der Waals surface area contributed by atoms with Gasteiger partial charge in [0.1, 0.15) is 11.5 Å². The summed E-state index contributed by atoms with van der Waals surface area (Å²) in [7, 11) is 1.93. The summed E-state index contributed by atoms with van der Waals surface area (Å²) in [6.07, 6.45) is 6.26. The van der Waals surface area contributed by atoms with Crippen LogP contribution in [-0.2, 0) is 13.6 Å². The van der Waals surface area contributed by atoms with Crippen molar-refractivity contribution < 1.29 is 9.50 Å². The highest BCUT2D eigenvalue weighted by atomic mass is 19.1. The summed E-state index contributed by atoms with van der Waals surface area (Å²) >= 11 is 0. The first-order chi connectivity index (χ1) is 11.6. The smallest absolute Gasteiger partial charge is 0.158 e. The molecule has 0 saturated carbocycles. The van der Waals surface area contributed by atoms with Crippen molar-refractivity contribution in [2.75, 3.05) is 6.61 Å². The number of rotatable bonds is 6. The Hall–Kier alpha value is -2.47. The maximum Gasteiger partial charge on any atom is 0.158 e. The molecular formula is C18H21FN4O. The predicted molar refractivity (Wildman–Crippen MR) is 90.7 cm³/mol. The van der Waals surface area contributed by atoms with Gasteiger partial charge in [-0.3, -0.25) is 0 Å². The third-order valence-corrected chi connectivity index (χ3v) is 4.16. The molecule has 0 saturated heterocycles. The zero-order valence-electron chi connectivity index (χ0n) is 13.9. The average molecular weight is 328 g/mol. The normalized spacial score (nSPS) is 12.5. The Bertz CT molecular complexity index is 807. The second kappa shape index (κ2) is 6.97. The van der Waals surface area contributed by atoms with Crippen molar-refractivity contribution in [2.45, 2.75) is 19.9 Å². The largest absolute Gasteiger partial charge is 0.396 e. The van der Waals surface area contributed by atoms with E-state index in [1.165, 1.54) is 12.1 Å². The zero-order chi connectivity index (χ0) is 17.1. The van der Waals surface area contributed by atoms with Gasteiger partial charge >= 0.3 is 0 Å². The third kappa shape index (κ3) is 3.23. The van der Waals surface area contributed by atoms with Crippen LogP contribution in [0.5, 0.6) is 0 Å². The number of imidazole rings is 2. The molecule has 1 unspecified atom stereocenters. The van der Waals surface area contributed by atoms with Gasteiger partial charge in [-0.05, 0) is 36.6 Å². The summed E-state index contributed by atoms with van der Waals surface area (Å²) in [4.78, 5) is 8.99. The molecule has 3 aromatic rings. The lowest BCUT2D eigenvalue weighted by molar-refractivity contribution is 0.226. The van der Waals surface area contributed by atoms with E-state index >= 15 is 0 Å². The number of aryl methyl sites for hydroxylation is 2.